The normalized spacial score (nSPS) is 11.0. The summed E-state index contributed by atoms with van der Waals surface area (Å²) < 4.78 is 23.8. The average molecular weight is 309 g/mol. The summed E-state index contributed by atoms with van der Waals surface area (Å²) in [5.41, 5.74) is 11.8. The van der Waals surface area contributed by atoms with Gasteiger partial charge in [0.15, 0.2) is 15.8 Å². The minimum absolute atomic E-state index is 0.115. The Morgan fingerprint density at radius 1 is 1.38 bits per heavy atom. The Labute approximate surface area is 124 Å². The second-order valence-electron chi connectivity index (χ2n) is 4.72. The first-order valence-corrected chi connectivity index (χ1v) is 8.14. The zero-order valence-corrected chi connectivity index (χ0v) is 12.9. The largest absolute Gasteiger partial charge is 0.370 e. The lowest BCUT2D eigenvalue weighted by Crippen LogP contribution is -2.24. The zero-order valence-electron chi connectivity index (χ0n) is 12.1. The van der Waals surface area contributed by atoms with E-state index in [-0.39, 0.29) is 16.4 Å². The number of benzene rings is 1. The van der Waals surface area contributed by atoms with Gasteiger partial charge in [0.25, 0.3) is 5.91 Å². The molecule has 0 saturated heterocycles. The highest BCUT2D eigenvalue weighted by Crippen LogP contribution is 2.23. The molecule has 0 saturated carbocycles. The van der Waals surface area contributed by atoms with Crippen molar-refractivity contribution >= 4 is 21.7 Å². The predicted molar refractivity (Wildman–Crippen MR) is 82.9 cm³/mol. The number of aliphatic imine (C=N–C) groups is 1. The number of amides is 1. The van der Waals surface area contributed by atoms with Crippen LogP contribution in [0.25, 0.3) is 0 Å². The van der Waals surface area contributed by atoms with Crippen LogP contribution in [0.3, 0.4) is 0 Å². The van der Waals surface area contributed by atoms with Gasteiger partial charge in [-0.05, 0) is 37.0 Å². The molecule has 0 heterocycles. The van der Waals surface area contributed by atoms with Crippen LogP contribution < -0.4 is 11.5 Å². The van der Waals surface area contributed by atoms with Gasteiger partial charge in [-0.1, -0.05) is 12.1 Å². The molecule has 0 spiro atoms. The number of guanidine groups is 1. The Bertz CT molecular complexity index is 702. The third-order valence-corrected chi connectivity index (χ3v) is 4.06. The van der Waals surface area contributed by atoms with Crippen molar-refractivity contribution < 1.29 is 13.2 Å². The standard InChI is InChI=1S/C14H19N3O3S/c1-4-5-6-10-7-9(2)11(13(18)17-14(15)16)8-12(10)21(3,19)20/h4,7-8H,1,5-6H2,2-3H3,(H4,15,16,17,18). The van der Waals surface area contributed by atoms with Crippen molar-refractivity contribution in [2.75, 3.05) is 6.26 Å². The van der Waals surface area contributed by atoms with E-state index in [0.29, 0.717) is 24.0 Å². The van der Waals surface area contributed by atoms with Crippen LogP contribution >= 0.6 is 0 Å². The van der Waals surface area contributed by atoms with Crippen LogP contribution in [0, 0.1) is 6.92 Å². The lowest BCUT2D eigenvalue weighted by atomic mass is 10.0. The van der Waals surface area contributed by atoms with E-state index in [9.17, 15) is 13.2 Å². The minimum Gasteiger partial charge on any atom is -0.370 e. The van der Waals surface area contributed by atoms with E-state index in [1.807, 2.05) is 0 Å². The summed E-state index contributed by atoms with van der Waals surface area (Å²) in [7, 11) is -3.46. The van der Waals surface area contributed by atoms with Gasteiger partial charge >= 0.3 is 0 Å². The number of nitrogens with zero attached hydrogens (tertiary/aromatic N) is 1. The monoisotopic (exact) mass is 309 g/mol. The van der Waals surface area contributed by atoms with E-state index < -0.39 is 15.7 Å². The van der Waals surface area contributed by atoms with Crippen molar-refractivity contribution in [1.29, 1.82) is 0 Å². The smallest absolute Gasteiger partial charge is 0.280 e. The number of nitrogens with two attached hydrogens (primary N) is 2. The van der Waals surface area contributed by atoms with Gasteiger partial charge in [0, 0.05) is 11.8 Å². The molecule has 7 heteroatoms. The fourth-order valence-corrected chi connectivity index (χ4v) is 2.92. The molecule has 114 valence electrons. The topological polar surface area (TPSA) is 116 Å². The predicted octanol–water partition coefficient (Wildman–Crippen LogP) is 0.931. The molecule has 1 amide bonds. The Kier molecular flexibility index (Phi) is 5.26. The SMILES string of the molecule is C=CCCc1cc(C)c(C(=O)N=C(N)N)cc1S(C)(=O)=O. The summed E-state index contributed by atoms with van der Waals surface area (Å²) in [6, 6.07) is 3.01. The van der Waals surface area contributed by atoms with Crippen LogP contribution in [0.5, 0.6) is 0 Å². The molecule has 0 fully saturated rings. The maximum atomic E-state index is 11.9. The highest BCUT2D eigenvalue weighted by molar-refractivity contribution is 7.90. The molecule has 0 aliphatic carbocycles. The quantitative estimate of drug-likeness (QED) is 0.477. The summed E-state index contributed by atoms with van der Waals surface area (Å²) in [6.45, 7) is 5.33. The van der Waals surface area contributed by atoms with Crippen molar-refractivity contribution in [2.45, 2.75) is 24.7 Å². The number of rotatable bonds is 5. The van der Waals surface area contributed by atoms with Gasteiger partial charge in [-0.2, -0.15) is 4.99 Å². The maximum Gasteiger partial charge on any atom is 0.280 e. The second-order valence-corrected chi connectivity index (χ2v) is 6.70. The number of carbonyl (C=O) groups is 1. The lowest BCUT2D eigenvalue weighted by Gasteiger charge is -2.11. The molecule has 0 bridgehead atoms. The van der Waals surface area contributed by atoms with Crippen molar-refractivity contribution in [3.8, 4) is 0 Å². The molecule has 1 rings (SSSR count). The number of allylic oxidation sites excluding steroid dienone is 1. The number of carbonyl (C=O) groups excluding carboxylic acids is 1. The number of aryl methyl sites for hydroxylation is 2. The Morgan fingerprint density at radius 3 is 2.48 bits per heavy atom. The highest BCUT2D eigenvalue weighted by atomic mass is 32.2. The van der Waals surface area contributed by atoms with Crippen LogP contribution in [0.1, 0.15) is 27.9 Å². The fourth-order valence-electron chi connectivity index (χ4n) is 1.95. The first-order chi connectivity index (χ1) is 9.66. The van der Waals surface area contributed by atoms with Crippen molar-refractivity contribution in [1.82, 2.24) is 0 Å². The zero-order chi connectivity index (χ0) is 16.2. The van der Waals surface area contributed by atoms with Crippen LogP contribution in [-0.2, 0) is 16.3 Å². The van der Waals surface area contributed by atoms with E-state index >= 15 is 0 Å². The van der Waals surface area contributed by atoms with Crippen LogP contribution in [0.2, 0.25) is 0 Å². The van der Waals surface area contributed by atoms with Gasteiger partial charge < -0.3 is 11.5 Å². The molecule has 0 aliphatic rings. The van der Waals surface area contributed by atoms with E-state index in [1.165, 1.54) is 6.07 Å². The van der Waals surface area contributed by atoms with E-state index in [1.54, 1.807) is 19.1 Å². The molecule has 0 unspecified atom stereocenters. The minimum atomic E-state index is -3.46. The van der Waals surface area contributed by atoms with E-state index in [4.69, 9.17) is 11.5 Å². The summed E-state index contributed by atoms with van der Waals surface area (Å²) in [5.74, 6) is -1.02. The Morgan fingerprint density at radius 2 is 2.00 bits per heavy atom. The van der Waals surface area contributed by atoms with Crippen molar-refractivity contribution in [3.63, 3.8) is 0 Å². The third kappa shape index (κ3) is 4.42. The van der Waals surface area contributed by atoms with Gasteiger partial charge in [-0.3, -0.25) is 4.79 Å². The maximum absolute atomic E-state index is 11.9. The Balaban J connectivity index is 3.48. The Hall–Kier alpha value is -2.15. The van der Waals surface area contributed by atoms with Crippen molar-refractivity contribution in [3.05, 3.63) is 41.5 Å². The first-order valence-electron chi connectivity index (χ1n) is 6.25. The number of hydrogen-bond donors (Lipinski definition) is 2. The van der Waals surface area contributed by atoms with Crippen LogP contribution in [0.15, 0.2) is 34.7 Å². The average Bonchev–Trinajstić information content (AvgIpc) is 2.33. The fraction of sp³-hybridized carbons (Fsp3) is 0.286. The molecule has 0 atom stereocenters. The van der Waals surface area contributed by atoms with Gasteiger partial charge in [-0.15, -0.1) is 6.58 Å². The van der Waals surface area contributed by atoms with Gasteiger partial charge in [0.05, 0.1) is 4.90 Å². The molecule has 4 N–H and O–H groups in total. The van der Waals surface area contributed by atoms with Gasteiger partial charge in [-0.25, -0.2) is 8.42 Å². The third-order valence-electron chi connectivity index (χ3n) is 2.89. The van der Waals surface area contributed by atoms with E-state index in [2.05, 4.69) is 11.6 Å². The summed E-state index contributed by atoms with van der Waals surface area (Å²) >= 11 is 0. The molecular weight excluding hydrogens is 290 g/mol. The van der Waals surface area contributed by atoms with Gasteiger partial charge in [0.2, 0.25) is 0 Å². The summed E-state index contributed by atoms with van der Waals surface area (Å²) in [4.78, 5) is 15.5. The first kappa shape index (κ1) is 16.9. The van der Waals surface area contributed by atoms with Crippen LogP contribution in [0.4, 0.5) is 0 Å². The molecule has 0 radical (unpaired) electrons. The van der Waals surface area contributed by atoms with Gasteiger partial charge in [0.1, 0.15) is 0 Å². The molecule has 21 heavy (non-hydrogen) atoms. The highest BCUT2D eigenvalue weighted by Gasteiger charge is 2.18. The molecule has 6 nitrogen and oxygen atoms in total. The molecule has 0 aliphatic heterocycles. The number of hydrogen-bond acceptors (Lipinski definition) is 3. The lowest BCUT2D eigenvalue weighted by molar-refractivity contribution is 0.100. The molecule has 0 aromatic heterocycles. The second kappa shape index (κ2) is 6.53. The molecular formula is C14H19N3O3S. The van der Waals surface area contributed by atoms with Crippen LogP contribution in [-0.4, -0.2) is 26.5 Å². The molecule has 1 aromatic rings. The van der Waals surface area contributed by atoms with E-state index in [0.717, 1.165) is 6.26 Å². The molecule has 1 aromatic carbocycles. The summed E-state index contributed by atoms with van der Waals surface area (Å²) in [6.07, 6.45) is 3.98. The van der Waals surface area contributed by atoms with Crippen molar-refractivity contribution in [2.24, 2.45) is 16.5 Å². The summed E-state index contributed by atoms with van der Waals surface area (Å²) in [5, 5.41) is 0. The number of sulfone groups is 1.